The Labute approximate surface area is 104 Å². The number of carbonyl (C=O) groups is 1. The first-order valence-corrected chi connectivity index (χ1v) is 7.03. The van der Waals surface area contributed by atoms with Gasteiger partial charge in [-0.1, -0.05) is 6.42 Å². The Hall–Kier alpha value is -0.610. The highest BCUT2D eigenvalue weighted by atomic mass is 16.2. The summed E-state index contributed by atoms with van der Waals surface area (Å²) in [5, 5.41) is 0. The minimum atomic E-state index is 0.256. The van der Waals surface area contributed by atoms with Crippen molar-refractivity contribution in [3.63, 3.8) is 0 Å². The van der Waals surface area contributed by atoms with Crippen LogP contribution in [0.5, 0.6) is 0 Å². The van der Waals surface area contributed by atoms with Crippen molar-refractivity contribution in [2.75, 3.05) is 32.7 Å². The number of nitrogens with zero attached hydrogens (tertiary/aromatic N) is 2. The van der Waals surface area contributed by atoms with Gasteiger partial charge in [0, 0.05) is 32.1 Å². The summed E-state index contributed by atoms with van der Waals surface area (Å²) >= 11 is 0. The van der Waals surface area contributed by atoms with Crippen LogP contribution in [-0.2, 0) is 4.79 Å². The van der Waals surface area contributed by atoms with Gasteiger partial charge in [-0.2, -0.15) is 0 Å². The molecule has 2 aliphatic heterocycles. The maximum Gasteiger partial charge on any atom is 0.224 e. The number of carbonyl (C=O) groups excluding carboxylic acids is 1. The fourth-order valence-electron chi connectivity index (χ4n) is 3.06. The van der Waals surface area contributed by atoms with Gasteiger partial charge in [0.1, 0.15) is 0 Å². The Bertz CT molecular complexity index is 251. The topological polar surface area (TPSA) is 49.6 Å². The number of likely N-dealkylation sites (tertiary alicyclic amines) is 2. The van der Waals surface area contributed by atoms with Crippen molar-refractivity contribution in [3.05, 3.63) is 0 Å². The van der Waals surface area contributed by atoms with E-state index in [1.807, 2.05) is 0 Å². The number of piperidine rings is 1. The van der Waals surface area contributed by atoms with Gasteiger partial charge in [-0.15, -0.1) is 0 Å². The van der Waals surface area contributed by atoms with Crippen LogP contribution in [0, 0.1) is 0 Å². The molecule has 0 aliphatic carbocycles. The number of rotatable bonds is 4. The molecule has 2 N–H and O–H groups in total. The van der Waals surface area contributed by atoms with E-state index in [1.54, 1.807) is 0 Å². The normalized spacial score (nSPS) is 26.4. The predicted molar refractivity (Wildman–Crippen MR) is 68.7 cm³/mol. The average molecular weight is 239 g/mol. The molecule has 2 rings (SSSR count). The molecule has 1 amide bonds. The van der Waals surface area contributed by atoms with Gasteiger partial charge in [0.2, 0.25) is 5.91 Å². The van der Waals surface area contributed by atoms with E-state index >= 15 is 0 Å². The minimum Gasteiger partial charge on any atom is -0.338 e. The van der Waals surface area contributed by atoms with E-state index in [1.165, 1.54) is 38.8 Å². The third-order valence-corrected chi connectivity index (χ3v) is 3.97. The van der Waals surface area contributed by atoms with Crippen LogP contribution in [0.25, 0.3) is 0 Å². The van der Waals surface area contributed by atoms with Crippen LogP contribution in [0.15, 0.2) is 0 Å². The molecule has 0 aromatic carbocycles. The zero-order chi connectivity index (χ0) is 12.1. The van der Waals surface area contributed by atoms with Gasteiger partial charge in [-0.05, 0) is 38.8 Å². The Kier molecular flexibility index (Phi) is 4.80. The quantitative estimate of drug-likeness (QED) is 0.790. The summed E-state index contributed by atoms with van der Waals surface area (Å²) in [5.41, 5.74) is 5.47. The Morgan fingerprint density at radius 1 is 1.12 bits per heavy atom. The third kappa shape index (κ3) is 3.42. The highest BCUT2D eigenvalue weighted by molar-refractivity contribution is 5.77. The van der Waals surface area contributed by atoms with E-state index in [0.29, 0.717) is 19.0 Å². The molecule has 0 aromatic heterocycles. The van der Waals surface area contributed by atoms with Gasteiger partial charge in [0.15, 0.2) is 0 Å². The first-order chi connectivity index (χ1) is 8.31. The summed E-state index contributed by atoms with van der Waals surface area (Å²) < 4.78 is 0. The molecule has 2 heterocycles. The van der Waals surface area contributed by atoms with Crippen LogP contribution in [0.4, 0.5) is 0 Å². The van der Waals surface area contributed by atoms with Crippen LogP contribution in [0.2, 0.25) is 0 Å². The Morgan fingerprint density at radius 2 is 1.88 bits per heavy atom. The summed E-state index contributed by atoms with van der Waals surface area (Å²) in [5.74, 6) is 0.256. The van der Waals surface area contributed by atoms with Gasteiger partial charge in [0.25, 0.3) is 0 Å². The van der Waals surface area contributed by atoms with Gasteiger partial charge in [-0.25, -0.2) is 0 Å². The lowest BCUT2D eigenvalue weighted by Crippen LogP contribution is -2.45. The van der Waals surface area contributed by atoms with Crippen molar-refractivity contribution in [3.8, 4) is 0 Å². The van der Waals surface area contributed by atoms with Crippen molar-refractivity contribution in [1.29, 1.82) is 0 Å². The molecule has 4 nitrogen and oxygen atoms in total. The number of amides is 1. The molecule has 17 heavy (non-hydrogen) atoms. The summed E-state index contributed by atoms with van der Waals surface area (Å²) in [6.07, 6.45) is 6.86. The van der Waals surface area contributed by atoms with E-state index in [9.17, 15) is 4.79 Å². The van der Waals surface area contributed by atoms with E-state index < -0.39 is 0 Å². The second-order valence-corrected chi connectivity index (χ2v) is 5.28. The molecule has 2 fully saturated rings. The highest BCUT2D eigenvalue weighted by Crippen LogP contribution is 2.20. The molecule has 2 aliphatic rings. The van der Waals surface area contributed by atoms with Gasteiger partial charge in [0.05, 0.1) is 0 Å². The molecular formula is C13H25N3O. The van der Waals surface area contributed by atoms with Crippen LogP contribution in [0.1, 0.15) is 38.5 Å². The van der Waals surface area contributed by atoms with E-state index in [4.69, 9.17) is 5.73 Å². The first kappa shape index (κ1) is 12.8. The van der Waals surface area contributed by atoms with E-state index in [0.717, 1.165) is 19.5 Å². The molecule has 1 atom stereocenters. The monoisotopic (exact) mass is 239 g/mol. The Morgan fingerprint density at radius 3 is 2.59 bits per heavy atom. The van der Waals surface area contributed by atoms with E-state index in [-0.39, 0.29) is 5.91 Å². The first-order valence-electron chi connectivity index (χ1n) is 7.03. The fourth-order valence-corrected chi connectivity index (χ4v) is 3.06. The predicted octanol–water partition coefficient (Wildman–Crippen LogP) is 0.812. The number of hydrogen-bond donors (Lipinski definition) is 1. The second-order valence-electron chi connectivity index (χ2n) is 5.28. The van der Waals surface area contributed by atoms with Crippen molar-refractivity contribution in [2.24, 2.45) is 5.73 Å². The molecule has 0 aromatic rings. The van der Waals surface area contributed by atoms with Crippen molar-refractivity contribution < 1.29 is 4.79 Å². The summed E-state index contributed by atoms with van der Waals surface area (Å²) in [6, 6.07) is 0.451. The van der Waals surface area contributed by atoms with Crippen LogP contribution >= 0.6 is 0 Å². The minimum absolute atomic E-state index is 0.256. The zero-order valence-electron chi connectivity index (χ0n) is 10.7. The molecule has 0 saturated carbocycles. The highest BCUT2D eigenvalue weighted by Gasteiger charge is 2.29. The molecule has 98 valence electrons. The van der Waals surface area contributed by atoms with Gasteiger partial charge >= 0.3 is 0 Å². The van der Waals surface area contributed by atoms with Crippen LogP contribution in [-0.4, -0.2) is 54.5 Å². The lowest BCUT2D eigenvalue weighted by molar-refractivity contribution is -0.132. The number of hydrogen-bond acceptors (Lipinski definition) is 3. The molecule has 2 saturated heterocycles. The molecule has 0 bridgehead atoms. The zero-order valence-corrected chi connectivity index (χ0v) is 10.7. The summed E-state index contributed by atoms with van der Waals surface area (Å²) in [7, 11) is 0. The van der Waals surface area contributed by atoms with E-state index in [2.05, 4.69) is 9.80 Å². The summed E-state index contributed by atoms with van der Waals surface area (Å²) in [4.78, 5) is 16.5. The summed E-state index contributed by atoms with van der Waals surface area (Å²) in [6.45, 7) is 4.93. The fraction of sp³-hybridized carbons (Fsp3) is 0.923. The SMILES string of the molecule is NCCC(=O)N1CCCC1CN1CCCCC1. The van der Waals surface area contributed by atoms with Crippen LogP contribution in [0.3, 0.4) is 0 Å². The molecule has 0 radical (unpaired) electrons. The average Bonchev–Trinajstić information content (AvgIpc) is 2.79. The molecular weight excluding hydrogens is 214 g/mol. The third-order valence-electron chi connectivity index (χ3n) is 3.97. The smallest absolute Gasteiger partial charge is 0.224 e. The van der Waals surface area contributed by atoms with Gasteiger partial charge < -0.3 is 15.5 Å². The largest absolute Gasteiger partial charge is 0.338 e. The molecule has 4 heteroatoms. The van der Waals surface area contributed by atoms with Crippen molar-refractivity contribution in [2.45, 2.75) is 44.6 Å². The lowest BCUT2D eigenvalue weighted by atomic mass is 10.1. The standard InChI is InChI=1S/C13H25N3O/c14-7-6-13(17)16-10-4-5-12(16)11-15-8-2-1-3-9-15/h12H,1-11,14H2. The Balaban J connectivity index is 1.83. The van der Waals surface area contributed by atoms with Crippen molar-refractivity contribution in [1.82, 2.24) is 9.80 Å². The van der Waals surface area contributed by atoms with Crippen molar-refractivity contribution >= 4 is 5.91 Å². The second kappa shape index (κ2) is 6.36. The molecule has 0 spiro atoms. The number of nitrogens with two attached hydrogens (primary N) is 1. The maximum absolute atomic E-state index is 11.9. The van der Waals surface area contributed by atoms with Crippen LogP contribution < -0.4 is 5.73 Å². The lowest BCUT2D eigenvalue weighted by Gasteiger charge is -2.33. The van der Waals surface area contributed by atoms with Gasteiger partial charge in [-0.3, -0.25) is 4.79 Å². The molecule has 1 unspecified atom stereocenters. The maximum atomic E-state index is 11.9.